The zero-order valence-corrected chi connectivity index (χ0v) is 14.8. The van der Waals surface area contributed by atoms with Gasteiger partial charge >= 0.3 is 0 Å². The van der Waals surface area contributed by atoms with E-state index < -0.39 is 6.10 Å². The number of carbonyl (C=O) groups is 1. The molecule has 2 aromatic rings. The quantitative estimate of drug-likeness (QED) is 0.880. The van der Waals surface area contributed by atoms with Gasteiger partial charge in [-0.05, 0) is 68.0 Å². The van der Waals surface area contributed by atoms with Gasteiger partial charge in [-0.1, -0.05) is 35.9 Å². The summed E-state index contributed by atoms with van der Waals surface area (Å²) in [6.45, 7) is 3.69. The van der Waals surface area contributed by atoms with E-state index in [-0.39, 0.29) is 11.9 Å². The molecule has 1 aliphatic rings. The summed E-state index contributed by atoms with van der Waals surface area (Å²) in [7, 11) is 0. The average Bonchev–Trinajstić information content (AvgIpc) is 2.58. The molecule has 0 fully saturated rings. The molecule has 2 atom stereocenters. The molecule has 0 spiro atoms. The van der Waals surface area contributed by atoms with E-state index in [0.29, 0.717) is 10.8 Å². The molecule has 0 heterocycles. The van der Waals surface area contributed by atoms with Crippen LogP contribution in [0.2, 0.25) is 5.02 Å². The third-order valence-electron chi connectivity index (χ3n) is 4.50. The molecule has 0 saturated carbocycles. The largest absolute Gasteiger partial charge is 0.481 e. The van der Waals surface area contributed by atoms with Crippen molar-refractivity contribution in [2.45, 2.75) is 45.3 Å². The molecule has 3 rings (SSSR count). The Morgan fingerprint density at radius 2 is 2.08 bits per heavy atom. The van der Waals surface area contributed by atoms with Gasteiger partial charge in [0.05, 0.1) is 6.04 Å². The Morgan fingerprint density at radius 3 is 2.88 bits per heavy atom. The lowest BCUT2D eigenvalue weighted by Crippen LogP contribution is -2.39. The number of nitrogens with one attached hydrogen (secondary N) is 1. The Kier molecular flexibility index (Phi) is 5.10. The summed E-state index contributed by atoms with van der Waals surface area (Å²) in [5.41, 5.74) is 3.49. The number of halogens is 1. The highest BCUT2D eigenvalue weighted by Gasteiger charge is 2.24. The standard InChI is InChI=1S/C20H22ClNO2/c1-13-12-16(10-11-18(13)21)24-14(2)20(23)22-19-9-5-7-15-6-3-4-8-17(15)19/h3-4,6,8,10-12,14,19H,5,7,9H2,1-2H3,(H,22,23)/t14-,19-/m1/s1. The molecule has 4 heteroatoms. The van der Waals surface area contributed by atoms with Gasteiger partial charge in [-0.2, -0.15) is 0 Å². The molecule has 1 N–H and O–H groups in total. The molecule has 0 saturated heterocycles. The number of hydrogen-bond donors (Lipinski definition) is 1. The van der Waals surface area contributed by atoms with E-state index in [1.165, 1.54) is 11.1 Å². The van der Waals surface area contributed by atoms with Crippen LogP contribution in [0.5, 0.6) is 5.75 Å². The van der Waals surface area contributed by atoms with Crippen molar-refractivity contribution in [3.63, 3.8) is 0 Å². The van der Waals surface area contributed by atoms with Crippen molar-refractivity contribution in [3.05, 3.63) is 64.2 Å². The number of rotatable bonds is 4. The summed E-state index contributed by atoms with van der Waals surface area (Å²) in [6, 6.07) is 13.8. The minimum absolute atomic E-state index is 0.0699. The number of ether oxygens (including phenoxy) is 1. The molecule has 0 radical (unpaired) electrons. The summed E-state index contributed by atoms with van der Waals surface area (Å²) in [4.78, 5) is 12.5. The van der Waals surface area contributed by atoms with Crippen LogP contribution >= 0.6 is 11.6 Å². The van der Waals surface area contributed by atoms with E-state index in [2.05, 4.69) is 23.5 Å². The van der Waals surface area contributed by atoms with Gasteiger partial charge in [0.15, 0.2) is 6.10 Å². The molecular formula is C20H22ClNO2. The summed E-state index contributed by atoms with van der Waals surface area (Å²) < 4.78 is 5.77. The van der Waals surface area contributed by atoms with Gasteiger partial charge in [0.2, 0.25) is 0 Å². The first-order valence-corrected chi connectivity index (χ1v) is 8.73. The van der Waals surface area contributed by atoms with Crippen LogP contribution in [0.15, 0.2) is 42.5 Å². The van der Waals surface area contributed by atoms with Crippen molar-refractivity contribution < 1.29 is 9.53 Å². The van der Waals surface area contributed by atoms with E-state index in [1.807, 2.05) is 19.1 Å². The van der Waals surface area contributed by atoms with Crippen molar-refractivity contribution in [1.82, 2.24) is 5.32 Å². The van der Waals surface area contributed by atoms with Gasteiger partial charge in [-0.15, -0.1) is 0 Å². The first-order valence-electron chi connectivity index (χ1n) is 8.35. The van der Waals surface area contributed by atoms with E-state index in [0.717, 1.165) is 24.8 Å². The smallest absolute Gasteiger partial charge is 0.261 e. The highest BCUT2D eigenvalue weighted by Crippen LogP contribution is 2.29. The molecule has 3 nitrogen and oxygen atoms in total. The lowest BCUT2D eigenvalue weighted by Gasteiger charge is -2.27. The summed E-state index contributed by atoms with van der Waals surface area (Å²) in [5, 5.41) is 3.82. The van der Waals surface area contributed by atoms with Gasteiger partial charge in [-0.3, -0.25) is 4.79 Å². The van der Waals surface area contributed by atoms with Crippen LogP contribution in [0, 0.1) is 6.92 Å². The van der Waals surface area contributed by atoms with Crippen molar-refractivity contribution >= 4 is 17.5 Å². The number of carbonyl (C=O) groups excluding carboxylic acids is 1. The average molecular weight is 344 g/mol. The normalized spacial score (nSPS) is 17.7. The van der Waals surface area contributed by atoms with Gasteiger partial charge in [-0.25, -0.2) is 0 Å². The predicted molar refractivity (Wildman–Crippen MR) is 96.5 cm³/mol. The summed E-state index contributed by atoms with van der Waals surface area (Å²) in [6.07, 6.45) is 2.58. The van der Waals surface area contributed by atoms with Gasteiger partial charge < -0.3 is 10.1 Å². The molecule has 24 heavy (non-hydrogen) atoms. The fourth-order valence-corrected chi connectivity index (χ4v) is 3.26. The Balaban J connectivity index is 1.65. The zero-order valence-electron chi connectivity index (χ0n) is 14.0. The van der Waals surface area contributed by atoms with Crippen LogP contribution < -0.4 is 10.1 Å². The molecule has 0 aromatic heterocycles. The maximum Gasteiger partial charge on any atom is 0.261 e. The lowest BCUT2D eigenvalue weighted by atomic mass is 9.87. The van der Waals surface area contributed by atoms with E-state index in [4.69, 9.17) is 16.3 Å². The van der Waals surface area contributed by atoms with E-state index in [1.54, 1.807) is 19.1 Å². The number of aryl methyl sites for hydroxylation is 2. The minimum atomic E-state index is -0.556. The highest BCUT2D eigenvalue weighted by molar-refractivity contribution is 6.31. The molecule has 0 bridgehead atoms. The Morgan fingerprint density at radius 1 is 1.29 bits per heavy atom. The molecule has 0 unspecified atom stereocenters. The lowest BCUT2D eigenvalue weighted by molar-refractivity contribution is -0.128. The van der Waals surface area contributed by atoms with Crippen molar-refractivity contribution in [3.8, 4) is 5.75 Å². The molecule has 2 aromatic carbocycles. The van der Waals surface area contributed by atoms with Gasteiger partial charge in [0.1, 0.15) is 5.75 Å². The maximum absolute atomic E-state index is 12.5. The number of hydrogen-bond acceptors (Lipinski definition) is 2. The fraction of sp³-hybridized carbons (Fsp3) is 0.350. The zero-order chi connectivity index (χ0) is 17.1. The Labute approximate surface area is 148 Å². The second-order valence-corrected chi connectivity index (χ2v) is 6.73. The third kappa shape index (κ3) is 3.73. The first kappa shape index (κ1) is 16.8. The summed E-state index contributed by atoms with van der Waals surface area (Å²) >= 11 is 6.02. The second-order valence-electron chi connectivity index (χ2n) is 6.32. The molecule has 1 amide bonds. The maximum atomic E-state index is 12.5. The van der Waals surface area contributed by atoms with Crippen molar-refractivity contribution in [1.29, 1.82) is 0 Å². The molecule has 0 aliphatic heterocycles. The summed E-state index contributed by atoms with van der Waals surface area (Å²) in [5.74, 6) is 0.563. The van der Waals surface area contributed by atoms with Crippen LogP contribution in [0.1, 0.15) is 42.5 Å². The Bertz CT molecular complexity index is 744. The third-order valence-corrected chi connectivity index (χ3v) is 4.92. The Hall–Kier alpha value is -2.00. The number of fused-ring (bicyclic) bond motifs is 1. The van der Waals surface area contributed by atoms with E-state index in [9.17, 15) is 4.79 Å². The monoisotopic (exact) mass is 343 g/mol. The van der Waals surface area contributed by atoms with Gasteiger partial charge in [0.25, 0.3) is 5.91 Å². The first-order chi connectivity index (χ1) is 11.5. The molecular weight excluding hydrogens is 322 g/mol. The fourth-order valence-electron chi connectivity index (χ4n) is 3.14. The van der Waals surface area contributed by atoms with Gasteiger partial charge in [0, 0.05) is 5.02 Å². The second kappa shape index (κ2) is 7.27. The number of benzene rings is 2. The molecule has 1 aliphatic carbocycles. The molecule has 126 valence electrons. The van der Waals surface area contributed by atoms with Crippen LogP contribution in [-0.2, 0) is 11.2 Å². The highest BCUT2D eigenvalue weighted by atomic mass is 35.5. The van der Waals surface area contributed by atoms with Crippen LogP contribution in [0.25, 0.3) is 0 Å². The minimum Gasteiger partial charge on any atom is -0.481 e. The topological polar surface area (TPSA) is 38.3 Å². The van der Waals surface area contributed by atoms with Crippen molar-refractivity contribution in [2.24, 2.45) is 0 Å². The predicted octanol–water partition coefficient (Wildman–Crippen LogP) is 4.61. The van der Waals surface area contributed by atoms with Crippen LogP contribution in [-0.4, -0.2) is 12.0 Å². The SMILES string of the molecule is Cc1cc(O[C@H](C)C(=O)N[C@@H]2CCCc3ccccc32)ccc1Cl. The number of amides is 1. The van der Waals surface area contributed by atoms with Crippen molar-refractivity contribution in [2.75, 3.05) is 0 Å². The van der Waals surface area contributed by atoms with Crippen LogP contribution in [0.4, 0.5) is 0 Å². The van der Waals surface area contributed by atoms with Crippen LogP contribution in [0.3, 0.4) is 0 Å². The van der Waals surface area contributed by atoms with E-state index >= 15 is 0 Å².